The van der Waals surface area contributed by atoms with Crippen molar-refractivity contribution in [2.24, 2.45) is 0 Å². The summed E-state index contributed by atoms with van der Waals surface area (Å²) in [7, 11) is 0. The fourth-order valence-corrected chi connectivity index (χ4v) is 1.44. The summed E-state index contributed by atoms with van der Waals surface area (Å²) in [6.45, 7) is 4.09. The van der Waals surface area contributed by atoms with Gasteiger partial charge in [-0.15, -0.1) is 0 Å². The van der Waals surface area contributed by atoms with Crippen LogP contribution in [0.5, 0.6) is 0 Å². The Labute approximate surface area is 89.2 Å². The van der Waals surface area contributed by atoms with Crippen LogP contribution in [0, 0.1) is 0 Å². The SMILES string of the molecule is CCCCC=CCCCCCC(C)O. The molecule has 0 aliphatic rings. The third-order valence-electron chi connectivity index (χ3n) is 2.38. The summed E-state index contributed by atoms with van der Waals surface area (Å²) in [6.07, 6.45) is 14.2. The minimum absolute atomic E-state index is 0.116. The van der Waals surface area contributed by atoms with Gasteiger partial charge in [0.15, 0.2) is 0 Å². The van der Waals surface area contributed by atoms with Gasteiger partial charge < -0.3 is 5.11 Å². The molecule has 0 amide bonds. The molecular weight excluding hydrogens is 172 g/mol. The van der Waals surface area contributed by atoms with Crippen molar-refractivity contribution in [2.45, 2.75) is 71.3 Å². The number of hydrogen-bond donors (Lipinski definition) is 1. The molecule has 0 fully saturated rings. The first kappa shape index (κ1) is 13.7. The van der Waals surface area contributed by atoms with E-state index >= 15 is 0 Å². The Hall–Kier alpha value is -0.300. The van der Waals surface area contributed by atoms with Gasteiger partial charge in [0.05, 0.1) is 6.10 Å². The first-order valence-electron chi connectivity index (χ1n) is 6.10. The van der Waals surface area contributed by atoms with Crippen molar-refractivity contribution in [2.75, 3.05) is 0 Å². The van der Waals surface area contributed by atoms with E-state index in [9.17, 15) is 0 Å². The molecule has 0 bridgehead atoms. The molecule has 1 nitrogen and oxygen atoms in total. The fraction of sp³-hybridized carbons (Fsp3) is 0.846. The normalized spacial score (nSPS) is 13.6. The van der Waals surface area contributed by atoms with Gasteiger partial charge in [-0.1, -0.05) is 44.8 Å². The van der Waals surface area contributed by atoms with Gasteiger partial charge in [0.1, 0.15) is 0 Å². The van der Waals surface area contributed by atoms with Gasteiger partial charge in [0.25, 0.3) is 0 Å². The van der Waals surface area contributed by atoms with E-state index in [2.05, 4.69) is 19.1 Å². The predicted molar refractivity (Wildman–Crippen MR) is 63.4 cm³/mol. The van der Waals surface area contributed by atoms with E-state index in [1.54, 1.807) is 0 Å². The van der Waals surface area contributed by atoms with E-state index in [1.807, 2.05) is 6.92 Å². The highest BCUT2D eigenvalue weighted by Crippen LogP contribution is 2.06. The molecule has 1 heteroatoms. The lowest BCUT2D eigenvalue weighted by Crippen LogP contribution is -1.97. The lowest BCUT2D eigenvalue weighted by molar-refractivity contribution is 0.180. The van der Waals surface area contributed by atoms with E-state index in [1.165, 1.54) is 44.9 Å². The van der Waals surface area contributed by atoms with Crippen LogP contribution in [0.1, 0.15) is 65.2 Å². The van der Waals surface area contributed by atoms with Crippen LogP contribution in [0.25, 0.3) is 0 Å². The van der Waals surface area contributed by atoms with Crippen LogP contribution >= 0.6 is 0 Å². The topological polar surface area (TPSA) is 20.2 Å². The zero-order valence-electron chi connectivity index (χ0n) is 9.84. The second-order valence-corrected chi connectivity index (χ2v) is 4.10. The largest absolute Gasteiger partial charge is 0.393 e. The van der Waals surface area contributed by atoms with Crippen LogP contribution in [0.2, 0.25) is 0 Å². The Morgan fingerprint density at radius 3 is 2.21 bits per heavy atom. The smallest absolute Gasteiger partial charge is 0.0512 e. The molecule has 0 spiro atoms. The highest BCUT2D eigenvalue weighted by Gasteiger charge is 1.93. The summed E-state index contributed by atoms with van der Waals surface area (Å²) in [5, 5.41) is 9.04. The van der Waals surface area contributed by atoms with Crippen molar-refractivity contribution in [1.82, 2.24) is 0 Å². The lowest BCUT2D eigenvalue weighted by Gasteiger charge is -2.01. The minimum atomic E-state index is -0.116. The summed E-state index contributed by atoms with van der Waals surface area (Å²) < 4.78 is 0. The van der Waals surface area contributed by atoms with E-state index in [0.717, 1.165) is 6.42 Å². The molecule has 0 aromatic rings. The first-order chi connectivity index (χ1) is 6.77. The molecule has 0 rings (SSSR count). The quantitative estimate of drug-likeness (QED) is 0.437. The number of rotatable bonds is 9. The van der Waals surface area contributed by atoms with Crippen molar-refractivity contribution < 1.29 is 5.11 Å². The van der Waals surface area contributed by atoms with Crippen LogP contribution in [0.3, 0.4) is 0 Å². The van der Waals surface area contributed by atoms with Crippen LogP contribution in [0.15, 0.2) is 12.2 Å². The number of hydrogen-bond acceptors (Lipinski definition) is 1. The molecule has 1 N–H and O–H groups in total. The Kier molecular flexibility index (Phi) is 10.5. The molecule has 0 radical (unpaired) electrons. The second-order valence-electron chi connectivity index (χ2n) is 4.10. The standard InChI is InChI=1S/C13H26O/c1-3-4-5-6-7-8-9-10-11-12-13(2)14/h6-7,13-14H,3-5,8-12H2,1-2H3. The van der Waals surface area contributed by atoms with Crippen molar-refractivity contribution >= 4 is 0 Å². The average molecular weight is 198 g/mol. The van der Waals surface area contributed by atoms with Gasteiger partial charge >= 0.3 is 0 Å². The van der Waals surface area contributed by atoms with E-state index < -0.39 is 0 Å². The first-order valence-corrected chi connectivity index (χ1v) is 6.10. The average Bonchev–Trinajstić information content (AvgIpc) is 2.15. The molecule has 0 aliphatic heterocycles. The Morgan fingerprint density at radius 2 is 1.64 bits per heavy atom. The fourth-order valence-electron chi connectivity index (χ4n) is 1.44. The van der Waals surface area contributed by atoms with Gasteiger partial charge in [0.2, 0.25) is 0 Å². The molecule has 0 aromatic heterocycles. The van der Waals surface area contributed by atoms with Crippen LogP contribution < -0.4 is 0 Å². The summed E-state index contributed by atoms with van der Waals surface area (Å²) in [4.78, 5) is 0. The molecule has 0 aromatic carbocycles. The minimum Gasteiger partial charge on any atom is -0.393 e. The molecule has 14 heavy (non-hydrogen) atoms. The van der Waals surface area contributed by atoms with Crippen molar-refractivity contribution in [3.8, 4) is 0 Å². The zero-order chi connectivity index (χ0) is 10.6. The van der Waals surface area contributed by atoms with Crippen molar-refractivity contribution in [3.63, 3.8) is 0 Å². The third-order valence-corrected chi connectivity index (χ3v) is 2.38. The molecule has 0 aliphatic carbocycles. The molecular formula is C13H26O. The van der Waals surface area contributed by atoms with E-state index in [4.69, 9.17) is 5.11 Å². The Balaban J connectivity index is 3.01. The van der Waals surface area contributed by atoms with Crippen LogP contribution in [-0.4, -0.2) is 11.2 Å². The Bertz CT molecular complexity index is 127. The summed E-state index contributed by atoms with van der Waals surface area (Å²) in [5.74, 6) is 0. The van der Waals surface area contributed by atoms with E-state index in [-0.39, 0.29) is 6.10 Å². The van der Waals surface area contributed by atoms with E-state index in [0.29, 0.717) is 0 Å². The summed E-state index contributed by atoms with van der Waals surface area (Å²) in [5.41, 5.74) is 0. The van der Waals surface area contributed by atoms with Crippen LogP contribution in [0.4, 0.5) is 0 Å². The number of allylic oxidation sites excluding steroid dienone is 2. The third kappa shape index (κ3) is 11.7. The van der Waals surface area contributed by atoms with Gasteiger partial charge in [-0.25, -0.2) is 0 Å². The highest BCUT2D eigenvalue weighted by molar-refractivity contribution is 4.81. The number of unbranched alkanes of at least 4 members (excludes halogenated alkanes) is 5. The maximum atomic E-state index is 9.04. The molecule has 1 unspecified atom stereocenters. The van der Waals surface area contributed by atoms with Gasteiger partial charge in [-0.3, -0.25) is 0 Å². The molecule has 1 atom stereocenters. The monoisotopic (exact) mass is 198 g/mol. The number of aliphatic hydroxyl groups is 1. The molecule has 0 saturated heterocycles. The second kappa shape index (κ2) is 10.8. The van der Waals surface area contributed by atoms with Gasteiger partial charge in [0, 0.05) is 0 Å². The summed E-state index contributed by atoms with van der Waals surface area (Å²) >= 11 is 0. The zero-order valence-corrected chi connectivity index (χ0v) is 9.84. The maximum Gasteiger partial charge on any atom is 0.0512 e. The summed E-state index contributed by atoms with van der Waals surface area (Å²) in [6, 6.07) is 0. The highest BCUT2D eigenvalue weighted by atomic mass is 16.3. The lowest BCUT2D eigenvalue weighted by atomic mass is 10.1. The molecule has 84 valence electrons. The van der Waals surface area contributed by atoms with Gasteiger partial charge in [-0.2, -0.15) is 0 Å². The van der Waals surface area contributed by atoms with Gasteiger partial charge in [-0.05, 0) is 32.6 Å². The molecule has 0 saturated carbocycles. The van der Waals surface area contributed by atoms with Crippen LogP contribution in [-0.2, 0) is 0 Å². The predicted octanol–water partition coefficient (Wildman–Crippen LogP) is 4.06. The maximum absolute atomic E-state index is 9.04. The number of aliphatic hydroxyl groups excluding tert-OH is 1. The Morgan fingerprint density at radius 1 is 1.00 bits per heavy atom. The van der Waals surface area contributed by atoms with Crippen molar-refractivity contribution in [3.05, 3.63) is 12.2 Å². The molecule has 0 heterocycles. The van der Waals surface area contributed by atoms with Crippen molar-refractivity contribution in [1.29, 1.82) is 0 Å².